The molecule has 0 fully saturated rings. The van der Waals surface area contributed by atoms with E-state index in [4.69, 9.17) is 4.98 Å². The van der Waals surface area contributed by atoms with Gasteiger partial charge in [-0.2, -0.15) is 0 Å². The second kappa shape index (κ2) is 6.13. The first kappa shape index (κ1) is 17.9. The maximum Gasteiger partial charge on any atom is 0.146 e. The van der Waals surface area contributed by atoms with Gasteiger partial charge in [-0.3, -0.25) is 9.38 Å². The third-order valence-corrected chi connectivity index (χ3v) is 8.10. The zero-order chi connectivity index (χ0) is 22.7. The van der Waals surface area contributed by atoms with Gasteiger partial charge >= 0.3 is 0 Å². The van der Waals surface area contributed by atoms with Gasteiger partial charge in [-0.25, -0.2) is 4.98 Å². The van der Waals surface area contributed by atoms with Crippen LogP contribution in [-0.4, -0.2) is 14.4 Å². The van der Waals surface area contributed by atoms with Crippen molar-refractivity contribution in [2.24, 2.45) is 0 Å². The van der Waals surface area contributed by atoms with Crippen LogP contribution in [0, 0.1) is 0 Å². The molecule has 0 atom stereocenters. The highest BCUT2D eigenvalue weighted by Crippen LogP contribution is 2.49. The van der Waals surface area contributed by atoms with E-state index in [1.54, 1.807) is 0 Å². The Balaban J connectivity index is 1.41. The lowest BCUT2D eigenvalue weighted by Crippen LogP contribution is -1.94. The first-order valence-corrected chi connectivity index (χ1v) is 12.2. The van der Waals surface area contributed by atoms with Gasteiger partial charge < -0.3 is 0 Å². The number of hydrogen-bond acceptors (Lipinski definition) is 2. The predicted molar refractivity (Wildman–Crippen MR) is 142 cm³/mol. The monoisotopic (exact) mass is 445 g/mol. The summed E-state index contributed by atoms with van der Waals surface area (Å²) >= 11 is 0. The highest BCUT2D eigenvalue weighted by molar-refractivity contribution is 6.15. The molecule has 0 N–H and O–H groups in total. The fourth-order valence-electron chi connectivity index (χ4n) is 6.62. The molecule has 3 heterocycles. The van der Waals surface area contributed by atoms with Crippen LogP contribution in [-0.2, 0) is 12.8 Å². The first-order chi connectivity index (χ1) is 17.3. The molecule has 7 aromatic rings. The molecule has 3 aromatic heterocycles. The van der Waals surface area contributed by atoms with E-state index < -0.39 is 0 Å². The van der Waals surface area contributed by atoms with Gasteiger partial charge in [0.05, 0.1) is 16.6 Å². The quantitative estimate of drug-likeness (QED) is 0.229. The van der Waals surface area contributed by atoms with Crippen LogP contribution >= 0.6 is 0 Å². The van der Waals surface area contributed by atoms with Gasteiger partial charge in [0.2, 0.25) is 0 Å². The predicted octanol–water partition coefficient (Wildman–Crippen LogP) is 7.33. The Labute approximate surface area is 201 Å². The van der Waals surface area contributed by atoms with Crippen molar-refractivity contribution in [2.75, 3.05) is 0 Å². The minimum Gasteiger partial charge on any atom is -0.292 e. The third-order valence-electron chi connectivity index (χ3n) is 8.10. The summed E-state index contributed by atoms with van der Waals surface area (Å²) in [6.07, 6.45) is 5.88. The van der Waals surface area contributed by atoms with E-state index in [2.05, 4.69) is 88.2 Å². The SMILES string of the molecule is c1ccc2c(c1)Cc1c-2ccc2c1-c1cc3c4cnccc4n4c5ccccc5nc4c3cc1C2. The van der Waals surface area contributed by atoms with Gasteiger partial charge in [-0.1, -0.05) is 48.5 Å². The molecule has 35 heavy (non-hydrogen) atoms. The van der Waals surface area contributed by atoms with E-state index in [1.807, 2.05) is 12.4 Å². The summed E-state index contributed by atoms with van der Waals surface area (Å²) in [5.74, 6) is 0. The Bertz CT molecular complexity index is 2060. The van der Waals surface area contributed by atoms with Crippen LogP contribution < -0.4 is 0 Å². The van der Waals surface area contributed by atoms with Crippen LogP contribution in [0.4, 0.5) is 0 Å². The van der Waals surface area contributed by atoms with Crippen molar-refractivity contribution in [2.45, 2.75) is 12.8 Å². The lowest BCUT2D eigenvalue weighted by Gasteiger charge is -2.12. The van der Waals surface area contributed by atoms with E-state index in [0.717, 1.165) is 35.0 Å². The Hall–Kier alpha value is -4.50. The summed E-state index contributed by atoms with van der Waals surface area (Å²) in [6.45, 7) is 0. The molecule has 3 heteroatoms. The van der Waals surface area contributed by atoms with Crippen molar-refractivity contribution in [1.29, 1.82) is 0 Å². The van der Waals surface area contributed by atoms with Gasteiger partial charge in [-0.05, 0) is 93.1 Å². The molecular formula is C32H19N3. The molecule has 0 bridgehead atoms. The summed E-state index contributed by atoms with van der Waals surface area (Å²) < 4.78 is 2.30. The van der Waals surface area contributed by atoms with Gasteiger partial charge in [-0.15, -0.1) is 0 Å². The van der Waals surface area contributed by atoms with Crippen LogP contribution in [0.15, 0.2) is 91.3 Å². The fraction of sp³-hybridized carbons (Fsp3) is 0.0625. The average molecular weight is 446 g/mol. The van der Waals surface area contributed by atoms with E-state index in [0.29, 0.717) is 0 Å². The second-order valence-electron chi connectivity index (χ2n) is 9.84. The van der Waals surface area contributed by atoms with Crippen molar-refractivity contribution >= 4 is 38.4 Å². The average Bonchev–Trinajstić information content (AvgIpc) is 3.58. The molecule has 0 saturated heterocycles. The van der Waals surface area contributed by atoms with Crippen molar-refractivity contribution < 1.29 is 0 Å². The molecule has 2 aliphatic carbocycles. The molecule has 0 unspecified atom stereocenters. The zero-order valence-corrected chi connectivity index (χ0v) is 18.9. The Morgan fingerprint density at radius 1 is 0.629 bits per heavy atom. The number of pyridine rings is 2. The fourth-order valence-corrected chi connectivity index (χ4v) is 6.62. The standard InChI is InChI=1S/C32H19N3/c1-2-6-21-18(5-1)14-25-22(21)10-9-19-13-20-15-26-24(16-23(20)31(19)25)27-17-33-12-11-29(27)35-30-8-4-3-7-28(30)34-32(26)35/h1-12,15-17H,13-14H2. The zero-order valence-electron chi connectivity index (χ0n) is 18.9. The third kappa shape index (κ3) is 2.17. The molecular weight excluding hydrogens is 426 g/mol. The van der Waals surface area contributed by atoms with Crippen molar-refractivity contribution in [3.8, 4) is 22.3 Å². The van der Waals surface area contributed by atoms with E-state index >= 15 is 0 Å². The maximum atomic E-state index is 5.10. The molecule has 9 rings (SSSR count). The molecule has 162 valence electrons. The van der Waals surface area contributed by atoms with Gasteiger partial charge in [0.15, 0.2) is 0 Å². The largest absolute Gasteiger partial charge is 0.292 e. The van der Waals surface area contributed by atoms with E-state index in [-0.39, 0.29) is 0 Å². The summed E-state index contributed by atoms with van der Waals surface area (Å²) in [4.78, 5) is 9.62. The molecule has 0 spiro atoms. The normalized spacial score (nSPS) is 13.5. The summed E-state index contributed by atoms with van der Waals surface area (Å²) in [6, 6.07) is 28.9. The van der Waals surface area contributed by atoms with Crippen LogP contribution in [0.2, 0.25) is 0 Å². The summed E-state index contributed by atoms with van der Waals surface area (Å²) in [5, 5.41) is 3.61. The number of fused-ring (bicyclic) bond motifs is 15. The topological polar surface area (TPSA) is 30.2 Å². The molecule has 3 nitrogen and oxygen atoms in total. The lowest BCUT2D eigenvalue weighted by molar-refractivity contribution is 1.23. The molecule has 2 aliphatic rings. The number of rotatable bonds is 0. The summed E-state index contributed by atoms with van der Waals surface area (Å²) in [5.41, 5.74) is 15.7. The molecule has 0 saturated carbocycles. The smallest absolute Gasteiger partial charge is 0.146 e. The second-order valence-corrected chi connectivity index (χ2v) is 9.84. The van der Waals surface area contributed by atoms with Crippen molar-refractivity contribution in [1.82, 2.24) is 14.4 Å². The number of aromatic nitrogens is 3. The number of para-hydroxylation sites is 2. The number of nitrogens with zero attached hydrogens (tertiary/aromatic N) is 3. The number of imidazole rings is 1. The van der Waals surface area contributed by atoms with Crippen molar-refractivity contribution in [3.63, 3.8) is 0 Å². The highest BCUT2D eigenvalue weighted by atomic mass is 15.0. The van der Waals surface area contributed by atoms with Gasteiger partial charge in [0.25, 0.3) is 0 Å². The van der Waals surface area contributed by atoms with Crippen LogP contribution in [0.5, 0.6) is 0 Å². The highest BCUT2D eigenvalue weighted by Gasteiger charge is 2.29. The molecule has 0 aliphatic heterocycles. The van der Waals surface area contributed by atoms with Crippen LogP contribution in [0.3, 0.4) is 0 Å². The summed E-state index contributed by atoms with van der Waals surface area (Å²) in [7, 11) is 0. The molecule has 0 radical (unpaired) electrons. The number of benzene rings is 4. The van der Waals surface area contributed by atoms with Crippen LogP contribution in [0.1, 0.15) is 22.3 Å². The minimum absolute atomic E-state index is 0.974. The maximum absolute atomic E-state index is 5.10. The Morgan fingerprint density at radius 2 is 1.54 bits per heavy atom. The first-order valence-electron chi connectivity index (χ1n) is 12.2. The minimum atomic E-state index is 0.974. The molecule has 4 aromatic carbocycles. The number of hydrogen-bond donors (Lipinski definition) is 0. The Kier molecular flexibility index (Phi) is 3.14. The molecule has 0 amide bonds. The van der Waals surface area contributed by atoms with Gasteiger partial charge in [0.1, 0.15) is 5.65 Å². The van der Waals surface area contributed by atoms with Crippen LogP contribution in [0.25, 0.3) is 60.6 Å². The Morgan fingerprint density at radius 3 is 2.54 bits per heavy atom. The lowest BCUT2D eigenvalue weighted by atomic mass is 9.93. The van der Waals surface area contributed by atoms with E-state index in [9.17, 15) is 0 Å². The van der Waals surface area contributed by atoms with E-state index in [1.165, 1.54) is 60.7 Å². The van der Waals surface area contributed by atoms with Gasteiger partial charge in [0, 0.05) is 23.2 Å². The van der Waals surface area contributed by atoms with Crippen molar-refractivity contribution in [3.05, 3.63) is 114 Å².